The van der Waals surface area contributed by atoms with Crippen LogP contribution in [0.25, 0.3) is 0 Å². The van der Waals surface area contributed by atoms with E-state index < -0.39 is 0 Å². The molecule has 1 aromatic rings. The molecule has 0 N–H and O–H groups in total. The molecule has 4 nitrogen and oxygen atoms in total. The molecule has 0 aliphatic carbocycles. The van der Waals surface area contributed by atoms with Gasteiger partial charge in [0.15, 0.2) is 0 Å². The van der Waals surface area contributed by atoms with Crippen LogP contribution in [0.1, 0.15) is 72.8 Å². The number of anilines is 1. The summed E-state index contributed by atoms with van der Waals surface area (Å²) in [4.78, 5) is 23.6. The van der Waals surface area contributed by atoms with E-state index in [1.165, 1.54) is 0 Å². The summed E-state index contributed by atoms with van der Waals surface area (Å²) in [5.41, 5.74) is 1.05. The van der Waals surface area contributed by atoms with Crippen molar-refractivity contribution in [1.29, 1.82) is 0 Å². The van der Waals surface area contributed by atoms with Gasteiger partial charge in [0.25, 0.3) is 0 Å². The molecule has 0 aromatic carbocycles. The summed E-state index contributed by atoms with van der Waals surface area (Å²) >= 11 is 0. The number of amides is 1. The minimum atomic E-state index is -0.0385. The van der Waals surface area contributed by atoms with Crippen LogP contribution in [0.4, 0.5) is 5.95 Å². The Bertz CT molecular complexity index is 462. The summed E-state index contributed by atoms with van der Waals surface area (Å²) in [5, 5.41) is 0. The highest BCUT2D eigenvalue weighted by atomic mass is 16.2. The number of rotatable bonds is 7. The molecule has 0 saturated carbocycles. The van der Waals surface area contributed by atoms with E-state index in [-0.39, 0.29) is 17.4 Å². The van der Waals surface area contributed by atoms with Gasteiger partial charge in [-0.3, -0.25) is 9.69 Å². The maximum atomic E-state index is 12.8. The molecule has 124 valence electrons. The molecule has 1 aromatic heterocycles. The van der Waals surface area contributed by atoms with E-state index >= 15 is 0 Å². The Morgan fingerprint density at radius 3 is 2.18 bits per heavy atom. The van der Waals surface area contributed by atoms with Gasteiger partial charge in [-0.2, -0.15) is 0 Å². The molecule has 0 radical (unpaired) electrons. The Kier molecular flexibility index (Phi) is 6.98. The van der Waals surface area contributed by atoms with Crippen LogP contribution in [0, 0.1) is 5.41 Å². The minimum Gasteiger partial charge on any atom is -0.278 e. The average molecular weight is 305 g/mol. The molecule has 22 heavy (non-hydrogen) atoms. The maximum Gasteiger partial charge on any atom is 0.232 e. The third-order valence-electron chi connectivity index (χ3n) is 3.72. The van der Waals surface area contributed by atoms with Crippen LogP contribution in [-0.2, 0) is 11.2 Å². The van der Waals surface area contributed by atoms with Crippen molar-refractivity contribution in [2.45, 2.75) is 79.7 Å². The quantitative estimate of drug-likeness (QED) is 0.750. The highest BCUT2D eigenvalue weighted by molar-refractivity contribution is 5.92. The van der Waals surface area contributed by atoms with Gasteiger partial charge in [-0.25, -0.2) is 9.97 Å². The van der Waals surface area contributed by atoms with Crippen molar-refractivity contribution < 1.29 is 4.79 Å². The van der Waals surface area contributed by atoms with Crippen molar-refractivity contribution in [3.8, 4) is 0 Å². The predicted molar refractivity (Wildman–Crippen MR) is 92.0 cm³/mol. The highest BCUT2D eigenvalue weighted by Gasteiger charge is 2.28. The SMILES string of the molecule is CCCC(CC)N(C(=O)CC(C)(C)C)c1ncc(CC)cn1. The fourth-order valence-corrected chi connectivity index (χ4v) is 2.52. The van der Waals surface area contributed by atoms with Gasteiger partial charge in [0.05, 0.1) is 0 Å². The lowest BCUT2D eigenvalue weighted by molar-refractivity contribution is -0.120. The van der Waals surface area contributed by atoms with E-state index in [1.54, 1.807) is 0 Å². The van der Waals surface area contributed by atoms with E-state index in [0.29, 0.717) is 12.4 Å². The Morgan fingerprint density at radius 2 is 1.77 bits per heavy atom. The second-order valence-corrected chi connectivity index (χ2v) is 7.10. The third kappa shape index (κ3) is 5.39. The van der Waals surface area contributed by atoms with Crippen molar-refractivity contribution in [2.24, 2.45) is 5.41 Å². The van der Waals surface area contributed by atoms with E-state index in [9.17, 15) is 4.79 Å². The lowest BCUT2D eigenvalue weighted by Crippen LogP contribution is -2.42. The van der Waals surface area contributed by atoms with Gasteiger partial charge in [-0.1, -0.05) is 48.0 Å². The van der Waals surface area contributed by atoms with Gasteiger partial charge in [0, 0.05) is 24.9 Å². The predicted octanol–water partition coefficient (Wildman–Crippen LogP) is 4.39. The van der Waals surface area contributed by atoms with Gasteiger partial charge < -0.3 is 0 Å². The van der Waals surface area contributed by atoms with Crippen LogP contribution in [0.2, 0.25) is 0 Å². The van der Waals surface area contributed by atoms with Crippen LogP contribution in [0.15, 0.2) is 12.4 Å². The summed E-state index contributed by atoms with van der Waals surface area (Å²) in [5.74, 6) is 0.670. The summed E-state index contributed by atoms with van der Waals surface area (Å²) in [6.07, 6.45) is 8.02. The molecule has 0 aliphatic rings. The number of nitrogens with zero attached hydrogens (tertiary/aromatic N) is 3. The zero-order chi connectivity index (χ0) is 16.8. The molecule has 0 bridgehead atoms. The molecule has 1 rings (SSSR count). The zero-order valence-corrected chi connectivity index (χ0v) is 15.0. The number of aromatic nitrogens is 2. The van der Waals surface area contributed by atoms with Crippen LogP contribution >= 0.6 is 0 Å². The van der Waals surface area contributed by atoms with Crippen LogP contribution < -0.4 is 4.90 Å². The van der Waals surface area contributed by atoms with E-state index in [1.807, 2.05) is 17.3 Å². The van der Waals surface area contributed by atoms with Crippen molar-refractivity contribution in [1.82, 2.24) is 9.97 Å². The molecule has 1 amide bonds. The van der Waals surface area contributed by atoms with Gasteiger partial charge >= 0.3 is 0 Å². The zero-order valence-electron chi connectivity index (χ0n) is 15.0. The number of hydrogen-bond acceptors (Lipinski definition) is 3. The first kappa shape index (κ1) is 18.6. The molecule has 1 heterocycles. The van der Waals surface area contributed by atoms with Crippen LogP contribution in [-0.4, -0.2) is 21.9 Å². The summed E-state index contributed by atoms with van der Waals surface area (Å²) in [7, 11) is 0. The first-order valence-electron chi connectivity index (χ1n) is 8.45. The lowest BCUT2D eigenvalue weighted by Gasteiger charge is -2.31. The summed E-state index contributed by atoms with van der Waals surface area (Å²) in [6.45, 7) is 12.6. The molecule has 4 heteroatoms. The summed E-state index contributed by atoms with van der Waals surface area (Å²) in [6, 6.07) is 0.173. The molecular formula is C18H31N3O. The van der Waals surface area contributed by atoms with Gasteiger partial charge in [-0.05, 0) is 30.2 Å². The highest BCUT2D eigenvalue weighted by Crippen LogP contribution is 2.25. The molecule has 0 fully saturated rings. The number of hydrogen-bond donors (Lipinski definition) is 0. The fourth-order valence-electron chi connectivity index (χ4n) is 2.52. The van der Waals surface area contributed by atoms with E-state index in [2.05, 4.69) is 51.5 Å². The van der Waals surface area contributed by atoms with Crippen molar-refractivity contribution >= 4 is 11.9 Å². The summed E-state index contributed by atoms with van der Waals surface area (Å²) < 4.78 is 0. The van der Waals surface area contributed by atoms with Crippen LogP contribution in [0.5, 0.6) is 0 Å². The number of carbonyl (C=O) groups is 1. The first-order chi connectivity index (χ1) is 10.3. The first-order valence-corrected chi connectivity index (χ1v) is 8.45. The monoisotopic (exact) mass is 305 g/mol. The smallest absolute Gasteiger partial charge is 0.232 e. The molecule has 0 saturated heterocycles. The second kappa shape index (κ2) is 8.25. The molecule has 1 unspecified atom stereocenters. The Balaban J connectivity index is 3.10. The van der Waals surface area contributed by atoms with Crippen LogP contribution in [0.3, 0.4) is 0 Å². The van der Waals surface area contributed by atoms with Gasteiger partial charge in [0.2, 0.25) is 11.9 Å². The number of aryl methyl sites for hydroxylation is 1. The number of carbonyl (C=O) groups excluding carboxylic acids is 1. The third-order valence-corrected chi connectivity index (χ3v) is 3.72. The minimum absolute atomic E-state index is 0.0385. The Labute approximate surface area is 135 Å². The fraction of sp³-hybridized carbons (Fsp3) is 0.722. The van der Waals surface area contributed by atoms with Crippen molar-refractivity contribution in [2.75, 3.05) is 4.90 Å². The Hall–Kier alpha value is -1.45. The molecule has 1 atom stereocenters. The van der Waals surface area contributed by atoms with Crippen molar-refractivity contribution in [3.63, 3.8) is 0 Å². The van der Waals surface area contributed by atoms with Crippen molar-refractivity contribution in [3.05, 3.63) is 18.0 Å². The van der Waals surface area contributed by atoms with E-state index in [4.69, 9.17) is 0 Å². The molecule has 0 spiro atoms. The molecular weight excluding hydrogens is 274 g/mol. The van der Waals surface area contributed by atoms with E-state index in [0.717, 1.165) is 31.2 Å². The average Bonchev–Trinajstić information content (AvgIpc) is 2.45. The lowest BCUT2D eigenvalue weighted by atomic mass is 9.91. The standard InChI is InChI=1S/C18H31N3O/c1-7-10-15(9-3)21(16(22)11-18(4,5)6)17-19-12-14(8-2)13-20-17/h12-13,15H,7-11H2,1-6H3. The Morgan fingerprint density at radius 1 is 1.18 bits per heavy atom. The normalized spacial score (nSPS) is 13.0. The maximum absolute atomic E-state index is 12.8. The topological polar surface area (TPSA) is 46.1 Å². The molecule has 0 aliphatic heterocycles. The largest absolute Gasteiger partial charge is 0.278 e. The van der Waals surface area contributed by atoms with Gasteiger partial charge in [0.1, 0.15) is 0 Å². The van der Waals surface area contributed by atoms with Gasteiger partial charge in [-0.15, -0.1) is 0 Å². The second-order valence-electron chi connectivity index (χ2n) is 7.10.